The first-order valence-corrected chi connectivity index (χ1v) is 21.3. The van der Waals surface area contributed by atoms with E-state index >= 15 is 0 Å². The Balaban J connectivity index is 4.31. The van der Waals surface area contributed by atoms with Gasteiger partial charge in [0.05, 0.1) is 19.8 Å². The average molecular weight is 722 g/mol. The molecule has 0 aliphatic carbocycles. The van der Waals surface area contributed by atoms with E-state index in [9.17, 15) is 24.2 Å². The summed E-state index contributed by atoms with van der Waals surface area (Å²) in [5.41, 5.74) is 0. The molecule has 0 bridgehead atoms. The standard InChI is InChI=1S/C38H74O10P/c1-3-5-7-9-11-13-15-17-19-21-23-25-27-29-37(41)45-33-36(34-47-49(43,44)46-32-35(40)31-39)48-38(42)30-28-26-24-22-20-18-16-14-12-10-8-6-4-2/h26,35-36,39-40H,3-25,27-34H2,1-2H3,(H,43,44)/q-1/t35-,36+/m0/s1. The third-order valence-electron chi connectivity index (χ3n) is 8.59. The van der Waals surface area contributed by atoms with Crippen molar-refractivity contribution in [1.82, 2.24) is 0 Å². The first kappa shape index (κ1) is 48.0. The average Bonchev–Trinajstić information content (AvgIpc) is 3.09. The van der Waals surface area contributed by atoms with Gasteiger partial charge >= 0.3 is 19.8 Å². The Morgan fingerprint density at radius 1 is 0.592 bits per heavy atom. The second-order valence-electron chi connectivity index (χ2n) is 13.5. The number of phosphoric acid groups is 1. The smallest absolute Gasteiger partial charge is 0.462 e. The van der Waals surface area contributed by atoms with Gasteiger partial charge < -0.3 is 31.0 Å². The fourth-order valence-electron chi connectivity index (χ4n) is 5.49. The third kappa shape index (κ3) is 35.2. The molecule has 0 aliphatic rings. The van der Waals surface area contributed by atoms with Crippen LogP contribution in [0.1, 0.15) is 187 Å². The molecule has 3 N–H and O–H groups in total. The van der Waals surface area contributed by atoms with Crippen LogP contribution in [0.4, 0.5) is 0 Å². The molecule has 0 saturated carbocycles. The molecule has 0 aromatic carbocycles. The summed E-state index contributed by atoms with van der Waals surface area (Å²) in [6, 6.07) is 0. The van der Waals surface area contributed by atoms with Crippen molar-refractivity contribution in [1.29, 1.82) is 0 Å². The normalized spacial score (nSPS) is 14.0. The van der Waals surface area contributed by atoms with Gasteiger partial charge in [0.1, 0.15) is 12.7 Å². The Morgan fingerprint density at radius 2 is 1.04 bits per heavy atom. The van der Waals surface area contributed by atoms with Crippen molar-refractivity contribution in [2.24, 2.45) is 0 Å². The summed E-state index contributed by atoms with van der Waals surface area (Å²) >= 11 is 0. The van der Waals surface area contributed by atoms with E-state index in [1.165, 1.54) is 116 Å². The molecule has 1 unspecified atom stereocenters. The number of unbranched alkanes of at least 4 members (excludes halogenated alkanes) is 24. The van der Waals surface area contributed by atoms with Gasteiger partial charge in [0.25, 0.3) is 0 Å². The zero-order chi connectivity index (χ0) is 36.3. The summed E-state index contributed by atoms with van der Waals surface area (Å²) in [6.45, 7) is 2.36. The van der Waals surface area contributed by atoms with Gasteiger partial charge in [-0.2, -0.15) is 12.8 Å². The van der Waals surface area contributed by atoms with Gasteiger partial charge in [0, 0.05) is 12.8 Å². The number of ether oxygens (including phenoxy) is 2. The largest absolute Gasteiger partial charge is 0.472 e. The van der Waals surface area contributed by atoms with Crippen LogP contribution in [0.15, 0.2) is 0 Å². The molecule has 0 aromatic heterocycles. The van der Waals surface area contributed by atoms with Crippen LogP contribution in [-0.2, 0) is 32.7 Å². The quantitative estimate of drug-likeness (QED) is 0.0243. The molecule has 0 radical (unpaired) electrons. The number of phosphoric ester groups is 1. The molecule has 0 saturated heterocycles. The fraction of sp³-hybridized carbons (Fsp3) is 0.921. The number of rotatable bonds is 38. The minimum absolute atomic E-state index is 0.136. The van der Waals surface area contributed by atoms with Crippen molar-refractivity contribution in [3.63, 3.8) is 0 Å². The van der Waals surface area contributed by atoms with Gasteiger partial charge in [-0.05, 0) is 6.42 Å². The van der Waals surface area contributed by atoms with Crippen LogP contribution < -0.4 is 0 Å². The summed E-state index contributed by atoms with van der Waals surface area (Å²) in [5.74, 6) is -0.951. The van der Waals surface area contributed by atoms with Crippen LogP contribution in [0.2, 0.25) is 0 Å². The molecule has 0 spiro atoms. The number of hydrogen-bond acceptors (Lipinski definition) is 9. The second kappa shape index (κ2) is 35.4. The minimum atomic E-state index is -4.61. The highest BCUT2D eigenvalue weighted by Gasteiger charge is 2.27. The SMILES string of the molecule is CCCCCCCCCCCC[CH-]CCC(=O)O[C@H](COC(=O)CCCCCCCCCCCCCCC)COP(=O)(O)OC[C@@H](O)CO. The number of esters is 2. The lowest BCUT2D eigenvalue weighted by molar-refractivity contribution is -0.161. The lowest BCUT2D eigenvalue weighted by Crippen LogP contribution is -2.29. The number of hydrogen-bond donors (Lipinski definition) is 3. The summed E-state index contributed by atoms with van der Waals surface area (Å²) in [5, 5.41) is 18.3. The van der Waals surface area contributed by atoms with Gasteiger partial charge in [-0.1, -0.05) is 155 Å². The molecule has 0 amide bonds. The topological polar surface area (TPSA) is 149 Å². The minimum Gasteiger partial charge on any atom is -0.462 e. The van der Waals surface area contributed by atoms with E-state index in [0.29, 0.717) is 12.8 Å². The summed E-state index contributed by atoms with van der Waals surface area (Å²) < 4.78 is 32.6. The van der Waals surface area contributed by atoms with Gasteiger partial charge in [0.15, 0.2) is 6.10 Å². The molecule has 49 heavy (non-hydrogen) atoms. The highest BCUT2D eigenvalue weighted by atomic mass is 31.2. The maximum atomic E-state index is 12.5. The molecule has 10 nitrogen and oxygen atoms in total. The van der Waals surface area contributed by atoms with Crippen molar-refractivity contribution in [3.05, 3.63) is 6.42 Å². The lowest BCUT2D eigenvalue weighted by atomic mass is 10.0. The van der Waals surface area contributed by atoms with Crippen molar-refractivity contribution in [2.45, 2.75) is 199 Å². The van der Waals surface area contributed by atoms with Gasteiger partial charge in [0.2, 0.25) is 0 Å². The van der Waals surface area contributed by atoms with Crippen LogP contribution in [0.25, 0.3) is 0 Å². The summed E-state index contributed by atoms with van der Waals surface area (Å²) in [6.07, 6.45) is 29.9. The lowest BCUT2D eigenvalue weighted by Gasteiger charge is -2.21. The van der Waals surface area contributed by atoms with E-state index in [4.69, 9.17) is 19.1 Å². The van der Waals surface area contributed by atoms with E-state index in [0.717, 1.165) is 32.1 Å². The maximum Gasteiger partial charge on any atom is 0.472 e. The van der Waals surface area contributed by atoms with Gasteiger partial charge in [-0.3, -0.25) is 18.6 Å². The Kier molecular flexibility index (Phi) is 34.6. The van der Waals surface area contributed by atoms with E-state index < -0.39 is 51.8 Å². The second-order valence-corrected chi connectivity index (χ2v) is 14.9. The summed E-state index contributed by atoms with van der Waals surface area (Å²) in [7, 11) is -4.61. The Labute approximate surface area is 299 Å². The number of carbonyl (C=O) groups excluding carboxylic acids is 2. The predicted octanol–water partition coefficient (Wildman–Crippen LogP) is 9.70. The number of aliphatic hydroxyl groups excluding tert-OH is 2. The van der Waals surface area contributed by atoms with E-state index in [-0.39, 0.29) is 19.4 Å². The molecular formula is C38H74O10P-. The zero-order valence-electron chi connectivity index (χ0n) is 31.3. The highest BCUT2D eigenvalue weighted by Crippen LogP contribution is 2.43. The maximum absolute atomic E-state index is 12.5. The van der Waals surface area contributed by atoms with E-state index in [2.05, 4.69) is 24.8 Å². The fourth-order valence-corrected chi connectivity index (χ4v) is 6.28. The van der Waals surface area contributed by atoms with Gasteiger partial charge in [-0.25, -0.2) is 4.57 Å². The first-order valence-electron chi connectivity index (χ1n) is 19.8. The molecule has 3 atom stereocenters. The van der Waals surface area contributed by atoms with Gasteiger partial charge in [-0.15, -0.1) is 0 Å². The van der Waals surface area contributed by atoms with Crippen LogP contribution in [0.3, 0.4) is 0 Å². The molecule has 0 rings (SSSR count). The van der Waals surface area contributed by atoms with Crippen LogP contribution in [0, 0.1) is 6.42 Å². The van der Waals surface area contributed by atoms with Crippen molar-refractivity contribution >= 4 is 19.8 Å². The van der Waals surface area contributed by atoms with Crippen LogP contribution >= 0.6 is 7.82 Å². The molecule has 292 valence electrons. The number of aliphatic hydroxyl groups is 2. The Morgan fingerprint density at radius 3 is 1.53 bits per heavy atom. The monoisotopic (exact) mass is 722 g/mol. The van der Waals surface area contributed by atoms with Crippen LogP contribution in [-0.4, -0.2) is 65.7 Å². The highest BCUT2D eigenvalue weighted by molar-refractivity contribution is 7.47. The van der Waals surface area contributed by atoms with Crippen molar-refractivity contribution in [3.8, 4) is 0 Å². The Hall–Kier alpha value is -1.03. The summed E-state index contributed by atoms with van der Waals surface area (Å²) in [4.78, 5) is 34.8. The van der Waals surface area contributed by atoms with Crippen LogP contribution in [0.5, 0.6) is 0 Å². The molecule has 0 aliphatic heterocycles. The van der Waals surface area contributed by atoms with Crippen molar-refractivity contribution < 1.29 is 47.8 Å². The predicted molar refractivity (Wildman–Crippen MR) is 196 cm³/mol. The molecule has 0 aromatic rings. The molecule has 11 heteroatoms. The zero-order valence-corrected chi connectivity index (χ0v) is 32.2. The molecular weight excluding hydrogens is 647 g/mol. The van der Waals surface area contributed by atoms with Crippen molar-refractivity contribution in [2.75, 3.05) is 26.4 Å². The first-order chi connectivity index (χ1) is 23.7. The Bertz CT molecular complexity index is 796. The molecule has 0 heterocycles. The van der Waals surface area contributed by atoms with E-state index in [1.807, 2.05) is 0 Å². The molecule has 0 fully saturated rings. The third-order valence-corrected chi connectivity index (χ3v) is 9.54. The number of carbonyl (C=O) groups is 2. The van der Waals surface area contributed by atoms with E-state index in [1.54, 1.807) is 0 Å².